The summed E-state index contributed by atoms with van der Waals surface area (Å²) < 4.78 is 29.0. The zero-order chi connectivity index (χ0) is 12.3. The minimum absolute atomic E-state index is 0.0548. The van der Waals surface area contributed by atoms with Crippen LogP contribution in [0, 0.1) is 5.92 Å². The number of ether oxygens (including phenoxy) is 1. The fraction of sp³-hybridized carbons (Fsp3) is 1.00. The molecule has 0 aromatic carbocycles. The molecule has 2 rings (SSSR count). The van der Waals surface area contributed by atoms with Crippen LogP contribution >= 0.6 is 0 Å². The quantitative estimate of drug-likeness (QED) is 0.742. The maximum absolute atomic E-state index is 11.8. The van der Waals surface area contributed by atoms with Crippen molar-refractivity contribution in [3.63, 3.8) is 0 Å². The first-order valence-corrected chi connectivity index (χ1v) is 8.44. The average molecular weight is 261 g/mol. The number of hydrogen-bond acceptors (Lipinski definition) is 4. The SMILES string of the molecule is CC(NCCS(=O)(=O)CC1CCCO1)C1CC1. The summed E-state index contributed by atoms with van der Waals surface area (Å²) in [7, 11) is -2.95. The van der Waals surface area contributed by atoms with Crippen molar-refractivity contribution in [1.29, 1.82) is 0 Å². The monoisotopic (exact) mass is 261 g/mol. The maximum Gasteiger partial charge on any atom is 0.154 e. The van der Waals surface area contributed by atoms with Gasteiger partial charge in [-0.1, -0.05) is 0 Å². The van der Waals surface area contributed by atoms with E-state index >= 15 is 0 Å². The first-order chi connectivity index (χ1) is 8.07. The van der Waals surface area contributed by atoms with Crippen molar-refractivity contribution in [3.05, 3.63) is 0 Å². The fourth-order valence-corrected chi connectivity index (χ4v) is 3.77. The van der Waals surface area contributed by atoms with Crippen LogP contribution < -0.4 is 5.32 Å². The Balaban J connectivity index is 1.65. The lowest BCUT2D eigenvalue weighted by atomic mass is 10.2. The lowest BCUT2D eigenvalue weighted by Crippen LogP contribution is -2.34. The van der Waals surface area contributed by atoms with Gasteiger partial charge >= 0.3 is 0 Å². The van der Waals surface area contributed by atoms with Crippen LogP contribution in [0.1, 0.15) is 32.6 Å². The standard InChI is InChI=1S/C12H23NO3S/c1-10(11-4-5-11)13-6-8-17(14,15)9-12-3-2-7-16-12/h10-13H,2-9H2,1H3. The van der Waals surface area contributed by atoms with Crippen LogP contribution in [0.25, 0.3) is 0 Å². The van der Waals surface area contributed by atoms with Gasteiger partial charge in [-0.15, -0.1) is 0 Å². The summed E-state index contributed by atoms with van der Waals surface area (Å²) in [4.78, 5) is 0. The van der Waals surface area contributed by atoms with Crippen LogP contribution in [0.2, 0.25) is 0 Å². The predicted octanol–water partition coefficient (Wildman–Crippen LogP) is 0.968. The minimum Gasteiger partial charge on any atom is -0.377 e. The lowest BCUT2D eigenvalue weighted by Gasteiger charge is -2.14. The Kier molecular flexibility index (Phi) is 4.44. The van der Waals surface area contributed by atoms with Crippen LogP contribution in [0.5, 0.6) is 0 Å². The molecule has 100 valence electrons. The van der Waals surface area contributed by atoms with Crippen LogP contribution in [0.4, 0.5) is 0 Å². The Morgan fingerprint density at radius 3 is 2.71 bits per heavy atom. The van der Waals surface area contributed by atoms with Crippen LogP contribution in [-0.4, -0.2) is 45.2 Å². The van der Waals surface area contributed by atoms with Crippen molar-refractivity contribution >= 4 is 9.84 Å². The van der Waals surface area contributed by atoms with Gasteiger partial charge in [0.1, 0.15) is 0 Å². The molecule has 1 heterocycles. The van der Waals surface area contributed by atoms with Crippen LogP contribution in [0.15, 0.2) is 0 Å². The summed E-state index contributed by atoms with van der Waals surface area (Å²) >= 11 is 0. The molecule has 0 radical (unpaired) electrons. The van der Waals surface area contributed by atoms with E-state index in [1.54, 1.807) is 0 Å². The third-order valence-electron chi connectivity index (χ3n) is 3.67. The molecular weight excluding hydrogens is 238 g/mol. The molecule has 2 unspecified atom stereocenters. The second-order valence-electron chi connectivity index (χ2n) is 5.33. The molecule has 1 saturated heterocycles. The Morgan fingerprint density at radius 2 is 2.12 bits per heavy atom. The van der Waals surface area contributed by atoms with E-state index in [-0.39, 0.29) is 17.6 Å². The van der Waals surface area contributed by atoms with E-state index in [1.165, 1.54) is 12.8 Å². The normalized spacial score (nSPS) is 27.2. The van der Waals surface area contributed by atoms with Crippen LogP contribution in [0.3, 0.4) is 0 Å². The van der Waals surface area contributed by atoms with Gasteiger partial charge in [-0.3, -0.25) is 0 Å². The zero-order valence-corrected chi connectivity index (χ0v) is 11.3. The number of hydrogen-bond donors (Lipinski definition) is 1. The number of nitrogens with one attached hydrogen (secondary N) is 1. The van der Waals surface area contributed by atoms with Crippen molar-refractivity contribution in [3.8, 4) is 0 Å². The summed E-state index contributed by atoms with van der Waals surface area (Å²) in [6.45, 7) is 3.44. The molecule has 2 atom stereocenters. The molecule has 1 N–H and O–H groups in total. The van der Waals surface area contributed by atoms with Crippen molar-refractivity contribution in [1.82, 2.24) is 5.32 Å². The Hall–Kier alpha value is -0.130. The van der Waals surface area contributed by atoms with Crippen LogP contribution in [-0.2, 0) is 14.6 Å². The molecule has 1 aliphatic heterocycles. The summed E-state index contributed by atoms with van der Waals surface area (Å²) in [6.07, 6.45) is 4.41. The van der Waals surface area contributed by atoms with Crippen molar-refractivity contribution in [2.45, 2.75) is 44.8 Å². The van der Waals surface area contributed by atoms with E-state index in [9.17, 15) is 8.42 Å². The second kappa shape index (κ2) is 5.67. The third kappa shape index (κ3) is 4.56. The molecule has 4 nitrogen and oxygen atoms in total. The van der Waals surface area contributed by atoms with Crippen molar-refractivity contribution < 1.29 is 13.2 Å². The molecule has 5 heteroatoms. The van der Waals surface area contributed by atoms with Gasteiger partial charge in [0, 0.05) is 19.2 Å². The fourth-order valence-electron chi connectivity index (χ4n) is 2.35. The highest BCUT2D eigenvalue weighted by molar-refractivity contribution is 7.91. The molecular formula is C12H23NO3S. The first kappa shape index (κ1) is 13.3. The lowest BCUT2D eigenvalue weighted by molar-refractivity contribution is 0.127. The highest BCUT2D eigenvalue weighted by atomic mass is 32.2. The average Bonchev–Trinajstić information content (AvgIpc) is 2.99. The first-order valence-electron chi connectivity index (χ1n) is 6.62. The second-order valence-corrected chi connectivity index (χ2v) is 7.56. The molecule has 17 heavy (non-hydrogen) atoms. The van der Waals surface area contributed by atoms with Gasteiger partial charge in [-0.2, -0.15) is 0 Å². The van der Waals surface area contributed by atoms with Gasteiger partial charge in [0.15, 0.2) is 9.84 Å². The van der Waals surface area contributed by atoms with E-state index in [2.05, 4.69) is 12.2 Å². The van der Waals surface area contributed by atoms with E-state index in [0.29, 0.717) is 12.6 Å². The Labute approximate surface area is 104 Å². The van der Waals surface area contributed by atoms with Crippen molar-refractivity contribution in [2.75, 3.05) is 24.7 Å². The molecule has 1 saturated carbocycles. The van der Waals surface area contributed by atoms with E-state index in [4.69, 9.17) is 4.74 Å². The topological polar surface area (TPSA) is 55.4 Å². The Bertz CT molecular complexity index is 332. The molecule has 0 aromatic rings. The molecule has 0 bridgehead atoms. The van der Waals surface area contributed by atoms with E-state index in [1.807, 2.05) is 0 Å². The molecule has 2 aliphatic rings. The summed E-state index contributed by atoms with van der Waals surface area (Å²) in [5, 5.41) is 3.31. The minimum atomic E-state index is -2.95. The number of rotatable bonds is 7. The van der Waals surface area contributed by atoms with Gasteiger partial charge in [0.05, 0.1) is 17.6 Å². The summed E-state index contributed by atoms with van der Waals surface area (Å²) in [5.74, 6) is 1.21. The van der Waals surface area contributed by atoms with Gasteiger partial charge in [-0.25, -0.2) is 8.42 Å². The zero-order valence-electron chi connectivity index (χ0n) is 10.5. The summed E-state index contributed by atoms with van der Waals surface area (Å²) in [6, 6.07) is 0.466. The van der Waals surface area contributed by atoms with Crippen molar-refractivity contribution in [2.24, 2.45) is 5.92 Å². The highest BCUT2D eigenvalue weighted by Gasteiger charge is 2.28. The Morgan fingerprint density at radius 1 is 1.35 bits per heavy atom. The van der Waals surface area contributed by atoms with E-state index in [0.717, 1.165) is 25.4 Å². The largest absolute Gasteiger partial charge is 0.377 e. The van der Waals surface area contributed by atoms with Gasteiger partial charge in [0.25, 0.3) is 0 Å². The van der Waals surface area contributed by atoms with Gasteiger partial charge in [0.2, 0.25) is 0 Å². The summed E-state index contributed by atoms with van der Waals surface area (Å²) in [5.41, 5.74) is 0. The highest BCUT2D eigenvalue weighted by Crippen LogP contribution is 2.32. The smallest absolute Gasteiger partial charge is 0.154 e. The maximum atomic E-state index is 11.8. The molecule has 0 aromatic heterocycles. The molecule has 0 spiro atoms. The third-order valence-corrected chi connectivity index (χ3v) is 5.38. The number of sulfone groups is 1. The van der Waals surface area contributed by atoms with Gasteiger partial charge in [-0.05, 0) is 38.5 Å². The van der Waals surface area contributed by atoms with Gasteiger partial charge < -0.3 is 10.1 Å². The van der Waals surface area contributed by atoms with E-state index < -0.39 is 9.84 Å². The molecule has 1 aliphatic carbocycles. The predicted molar refractivity (Wildman–Crippen MR) is 67.8 cm³/mol. The molecule has 2 fully saturated rings. The molecule has 0 amide bonds.